The second-order valence-electron chi connectivity index (χ2n) is 7.17. The lowest BCUT2D eigenvalue weighted by Gasteiger charge is -2.35. The molecule has 0 saturated heterocycles. The molecule has 25 heavy (non-hydrogen) atoms. The minimum Gasteiger partial charge on any atom is -0.493 e. The van der Waals surface area contributed by atoms with Crippen LogP contribution >= 0.6 is 0 Å². The molecule has 6 heteroatoms. The van der Waals surface area contributed by atoms with Crippen LogP contribution in [0.2, 0.25) is 0 Å². The first-order valence-electron chi connectivity index (χ1n) is 8.14. The van der Waals surface area contributed by atoms with Gasteiger partial charge in [0.25, 0.3) is 0 Å². The van der Waals surface area contributed by atoms with E-state index in [0.29, 0.717) is 11.5 Å². The van der Waals surface area contributed by atoms with E-state index in [4.69, 9.17) is 9.47 Å². The predicted octanol–water partition coefficient (Wildman–Crippen LogP) is 2.88. The van der Waals surface area contributed by atoms with Crippen LogP contribution in [0.4, 0.5) is 0 Å². The Morgan fingerprint density at radius 3 is 2.16 bits per heavy atom. The monoisotopic (exact) mass is 346 g/mol. The van der Waals surface area contributed by atoms with E-state index in [2.05, 4.69) is 5.32 Å². The molecule has 0 radical (unpaired) electrons. The van der Waals surface area contributed by atoms with Crippen LogP contribution in [0.25, 0.3) is 5.57 Å². The zero-order valence-electron chi connectivity index (χ0n) is 15.9. The normalized spacial score (nSPS) is 16.7. The zero-order valence-corrected chi connectivity index (χ0v) is 15.9. The maximum Gasteiger partial charge on any atom is 0.248 e. The Balaban J connectivity index is 2.64. The number of nitrogens with zero attached hydrogens (tertiary/aromatic N) is 1. The van der Waals surface area contributed by atoms with E-state index in [0.717, 1.165) is 16.7 Å². The third-order valence-electron chi connectivity index (χ3n) is 4.00. The first-order chi connectivity index (χ1) is 11.6. The van der Waals surface area contributed by atoms with Crippen molar-refractivity contribution in [2.24, 2.45) is 0 Å². The largest absolute Gasteiger partial charge is 0.493 e. The average Bonchev–Trinajstić information content (AvgIpc) is 2.51. The molecular formula is C19H26N2O4. The highest BCUT2D eigenvalue weighted by Crippen LogP contribution is 2.41. The Kier molecular flexibility index (Phi) is 5.11. The molecule has 136 valence electrons. The molecule has 1 aliphatic heterocycles. The molecule has 1 unspecified atom stereocenters. The van der Waals surface area contributed by atoms with Crippen LogP contribution in [0, 0.1) is 0 Å². The van der Waals surface area contributed by atoms with Crippen molar-refractivity contribution >= 4 is 17.4 Å². The van der Waals surface area contributed by atoms with Gasteiger partial charge in [-0.1, -0.05) is 0 Å². The maximum atomic E-state index is 12.9. The lowest BCUT2D eigenvalue weighted by molar-refractivity contribution is -0.137. The van der Waals surface area contributed by atoms with Crippen molar-refractivity contribution in [1.82, 2.24) is 10.2 Å². The van der Waals surface area contributed by atoms with E-state index in [9.17, 15) is 9.59 Å². The molecule has 0 fully saturated rings. The van der Waals surface area contributed by atoms with Crippen molar-refractivity contribution in [1.29, 1.82) is 0 Å². The Labute approximate surface area is 148 Å². The molecule has 1 aromatic rings. The summed E-state index contributed by atoms with van der Waals surface area (Å²) in [7, 11) is 3.11. The number of amides is 2. The van der Waals surface area contributed by atoms with E-state index < -0.39 is 11.6 Å². The van der Waals surface area contributed by atoms with Gasteiger partial charge in [0.1, 0.15) is 6.04 Å². The molecule has 0 spiro atoms. The standard InChI is InChI=1S/C19H26N2O4/c1-11-10-21(12(2)22)17(18(23)20-19(3,4)5)14-9-16(25-7)15(24-6)8-13(11)14/h8-10,17H,1-7H3,(H,20,23). The fraction of sp³-hybridized carbons (Fsp3) is 0.474. The molecule has 2 amide bonds. The van der Waals surface area contributed by atoms with E-state index in [1.54, 1.807) is 26.5 Å². The van der Waals surface area contributed by atoms with Crippen LogP contribution in [-0.2, 0) is 9.59 Å². The van der Waals surface area contributed by atoms with Crippen LogP contribution in [0.1, 0.15) is 51.8 Å². The van der Waals surface area contributed by atoms with Gasteiger partial charge in [0, 0.05) is 18.7 Å². The molecule has 6 nitrogen and oxygen atoms in total. The second kappa shape index (κ2) is 6.78. The predicted molar refractivity (Wildman–Crippen MR) is 96.4 cm³/mol. The first kappa shape index (κ1) is 18.8. The number of benzene rings is 1. The summed E-state index contributed by atoms with van der Waals surface area (Å²) in [5, 5.41) is 2.96. The Bertz CT molecular complexity index is 732. The van der Waals surface area contributed by atoms with Crippen LogP contribution in [0.15, 0.2) is 18.3 Å². The molecule has 1 aliphatic rings. The molecule has 0 saturated carbocycles. The third kappa shape index (κ3) is 3.78. The number of hydrogen-bond acceptors (Lipinski definition) is 4. The van der Waals surface area contributed by atoms with Crippen LogP contribution in [0.3, 0.4) is 0 Å². The number of hydrogen-bond donors (Lipinski definition) is 1. The first-order valence-corrected chi connectivity index (χ1v) is 8.14. The van der Waals surface area contributed by atoms with Crippen molar-refractivity contribution < 1.29 is 19.1 Å². The molecule has 0 aliphatic carbocycles. The van der Waals surface area contributed by atoms with Crippen molar-refractivity contribution in [2.75, 3.05) is 14.2 Å². The molecule has 0 bridgehead atoms. The van der Waals surface area contributed by atoms with E-state index in [-0.39, 0.29) is 11.8 Å². The van der Waals surface area contributed by atoms with Crippen LogP contribution < -0.4 is 14.8 Å². The van der Waals surface area contributed by atoms with Gasteiger partial charge >= 0.3 is 0 Å². The minimum absolute atomic E-state index is 0.200. The van der Waals surface area contributed by atoms with Gasteiger partial charge in [0.05, 0.1) is 14.2 Å². The van der Waals surface area contributed by atoms with Gasteiger partial charge in [-0.3, -0.25) is 9.59 Å². The van der Waals surface area contributed by atoms with Crippen LogP contribution in [0.5, 0.6) is 11.5 Å². The fourth-order valence-electron chi connectivity index (χ4n) is 2.94. The molecular weight excluding hydrogens is 320 g/mol. The number of nitrogens with one attached hydrogen (secondary N) is 1. The summed E-state index contributed by atoms with van der Waals surface area (Å²) in [5.41, 5.74) is 2.05. The molecule has 1 aromatic carbocycles. The summed E-state index contributed by atoms with van der Waals surface area (Å²) in [6.45, 7) is 9.07. The molecule has 0 aromatic heterocycles. The summed E-state index contributed by atoms with van der Waals surface area (Å²) in [4.78, 5) is 26.6. The van der Waals surface area contributed by atoms with E-state index in [1.807, 2.05) is 33.8 Å². The lowest BCUT2D eigenvalue weighted by atomic mass is 9.89. The smallest absolute Gasteiger partial charge is 0.248 e. The molecule has 1 atom stereocenters. The highest BCUT2D eigenvalue weighted by molar-refractivity contribution is 5.93. The van der Waals surface area contributed by atoms with E-state index >= 15 is 0 Å². The second-order valence-corrected chi connectivity index (χ2v) is 7.17. The molecule has 1 heterocycles. The number of carbonyl (C=O) groups is 2. The number of carbonyl (C=O) groups excluding carboxylic acids is 2. The highest BCUT2D eigenvalue weighted by atomic mass is 16.5. The van der Waals surface area contributed by atoms with Gasteiger partial charge in [-0.15, -0.1) is 0 Å². The average molecular weight is 346 g/mol. The van der Waals surface area contributed by atoms with Gasteiger partial charge in [-0.2, -0.15) is 0 Å². The summed E-state index contributed by atoms with van der Waals surface area (Å²) < 4.78 is 10.8. The summed E-state index contributed by atoms with van der Waals surface area (Å²) in [6.07, 6.45) is 1.71. The van der Waals surface area contributed by atoms with Crippen molar-refractivity contribution in [3.8, 4) is 11.5 Å². The van der Waals surface area contributed by atoms with Crippen LogP contribution in [-0.4, -0.2) is 36.5 Å². The fourth-order valence-corrected chi connectivity index (χ4v) is 2.94. The third-order valence-corrected chi connectivity index (χ3v) is 4.00. The number of rotatable bonds is 3. The number of ether oxygens (including phenoxy) is 2. The number of allylic oxidation sites excluding steroid dienone is 1. The van der Waals surface area contributed by atoms with Gasteiger partial charge in [-0.05, 0) is 56.5 Å². The topological polar surface area (TPSA) is 67.9 Å². The van der Waals surface area contributed by atoms with E-state index in [1.165, 1.54) is 11.8 Å². The maximum absolute atomic E-state index is 12.9. The van der Waals surface area contributed by atoms with Gasteiger partial charge in [0.15, 0.2) is 11.5 Å². The van der Waals surface area contributed by atoms with Gasteiger partial charge in [-0.25, -0.2) is 0 Å². The number of methoxy groups -OCH3 is 2. The van der Waals surface area contributed by atoms with Crippen molar-refractivity contribution in [3.05, 3.63) is 29.5 Å². The highest BCUT2D eigenvalue weighted by Gasteiger charge is 2.36. The minimum atomic E-state index is -0.754. The van der Waals surface area contributed by atoms with Crippen molar-refractivity contribution in [2.45, 2.75) is 46.2 Å². The SMILES string of the molecule is COc1cc2c(cc1OC)C(C(=O)NC(C)(C)C)N(C(C)=O)C=C2C. The quantitative estimate of drug-likeness (QED) is 0.914. The Hall–Kier alpha value is -2.50. The summed E-state index contributed by atoms with van der Waals surface area (Å²) >= 11 is 0. The van der Waals surface area contributed by atoms with Gasteiger partial charge in [0.2, 0.25) is 11.8 Å². The Morgan fingerprint density at radius 2 is 1.68 bits per heavy atom. The number of fused-ring (bicyclic) bond motifs is 1. The summed E-state index contributed by atoms with van der Waals surface area (Å²) in [5.74, 6) is 0.669. The Morgan fingerprint density at radius 1 is 1.12 bits per heavy atom. The zero-order chi connectivity index (χ0) is 18.9. The summed E-state index contributed by atoms with van der Waals surface area (Å²) in [6, 6.07) is 2.86. The molecule has 1 N–H and O–H groups in total. The lowest BCUT2D eigenvalue weighted by Crippen LogP contribution is -2.48. The van der Waals surface area contributed by atoms with Crippen molar-refractivity contribution in [3.63, 3.8) is 0 Å². The van der Waals surface area contributed by atoms with Gasteiger partial charge < -0.3 is 19.7 Å². The molecule has 2 rings (SSSR count).